The van der Waals surface area contributed by atoms with Crippen LogP contribution < -0.4 is 5.32 Å². The highest BCUT2D eigenvalue weighted by Crippen LogP contribution is 2.15. The second-order valence-corrected chi connectivity index (χ2v) is 5.97. The summed E-state index contributed by atoms with van der Waals surface area (Å²) in [5, 5.41) is 3.30. The normalized spacial score (nSPS) is 20.3. The number of hydrogen-bond acceptors (Lipinski definition) is 3. The Hall–Kier alpha value is -0.910. The molecule has 1 atom stereocenters. The third kappa shape index (κ3) is 3.78. The average Bonchev–Trinajstić information content (AvgIpc) is 2.41. The molecule has 1 fully saturated rings. The molecule has 1 saturated heterocycles. The van der Waals surface area contributed by atoms with Gasteiger partial charge in [0, 0.05) is 44.7 Å². The van der Waals surface area contributed by atoms with Crippen LogP contribution in [-0.4, -0.2) is 55.5 Å². The van der Waals surface area contributed by atoms with Crippen molar-refractivity contribution < 1.29 is 4.79 Å². The average molecular weight is 326 g/mol. The number of rotatable bonds is 3. The van der Waals surface area contributed by atoms with E-state index < -0.39 is 0 Å². The Morgan fingerprint density at radius 3 is 2.74 bits per heavy atom. The van der Waals surface area contributed by atoms with E-state index in [0.717, 1.165) is 30.7 Å². The first-order valence-corrected chi connectivity index (χ1v) is 7.27. The standard InChI is InChI=1S/C14H20BrN3O/c1-17(2)14(19)13-9-16-7-8-18(13)10-11-3-5-12(15)6-4-11/h3-6,13,16H,7-10H2,1-2H3. The zero-order valence-corrected chi connectivity index (χ0v) is 13.0. The van der Waals surface area contributed by atoms with E-state index in [0.29, 0.717) is 0 Å². The lowest BCUT2D eigenvalue weighted by molar-refractivity contribution is -0.135. The monoisotopic (exact) mass is 325 g/mol. The minimum absolute atomic E-state index is 0.0626. The minimum Gasteiger partial charge on any atom is -0.347 e. The van der Waals surface area contributed by atoms with Crippen LogP contribution in [0.4, 0.5) is 0 Å². The van der Waals surface area contributed by atoms with Gasteiger partial charge in [0.15, 0.2) is 0 Å². The molecule has 0 spiro atoms. The number of nitrogens with one attached hydrogen (secondary N) is 1. The van der Waals surface area contributed by atoms with E-state index in [1.54, 1.807) is 4.90 Å². The molecule has 0 saturated carbocycles. The lowest BCUT2D eigenvalue weighted by Gasteiger charge is -2.36. The van der Waals surface area contributed by atoms with Crippen LogP contribution in [0.3, 0.4) is 0 Å². The third-order valence-electron chi connectivity index (χ3n) is 3.38. The first-order chi connectivity index (χ1) is 9.08. The Morgan fingerprint density at radius 2 is 2.11 bits per heavy atom. The van der Waals surface area contributed by atoms with Crippen LogP contribution in [0.5, 0.6) is 0 Å². The van der Waals surface area contributed by atoms with Crippen LogP contribution in [0.2, 0.25) is 0 Å². The maximum Gasteiger partial charge on any atom is 0.240 e. The van der Waals surface area contributed by atoms with Crippen molar-refractivity contribution in [2.24, 2.45) is 0 Å². The molecule has 19 heavy (non-hydrogen) atoms. The van der Waals surface area contributed by atoms with Crippen LogP contribution in [-0.2, 0) is 11.3 Å². The van der Waals surface area contributed by atoms with E-state index in [-0.39, 0.29) is 11.9 Å². The number of halogens is 1. The Kier molecular flexibility index (Phi) is 4.96. The summed E-state index contributed by atoms with van der Waals surface area (Å²) in [6.07, 6.45) is 0. The minimum atomic E-state index is -0.0626. The van der Waals surface area contributed by atoms with Gasteiger partial charge in [-0.3, -0.25) is 9.69 Å². The zero-order valence-electron chi connectivity index (χ0n) is 11.4. The van der Waals surface area contributed by atoms with Gasteiger partial charge in [0.05, 0.1) is 0 Å². The molecule has 1 amide bonds. The largest absolute Gasteiger partial charge is 0.347 e. The Labute approximate surface area is 122 Å². The van der Waals surface area contributed by atoms with E-state index >= 15 is 0 Å². The van der Waals surface area contributed by atoms with Crippen LogP contribution in [0.1, 0.15) is 5.56 Å². The molecular formula is C14H20BrN3O. The molecule has 1 N–H and O–H groups in total. The fraction of sp³-hybridized carbons (Fsp3) is 0.500. The van der Waals surface area contributed by atoms with Gasteiger partial charge in [0.1, 0.15) is 6.04 Å². The van der Waals surface area contributed by atoms with E-state index in [1.165, 1.54) is 5.56 Å². The number of amides is 1. The fourth-order valence-electron chi connectivity index (χ4n) is 2.30. The van der Waals surface area contributed by atoms with Crippen molar-refractivity contribution >= 4 is 21.8 Å². The van der Waals surface area contributed by atoms with Crippen LogP contribution in [0, 0.1) is 0 Å². The predicted octanol–water partition coefficient (Wildman–Crippen LogP) is 1.31. The summed E-state index contributed by atoms with van der Waals surface area (Å²) in [5.74, 6) is 0.171. The summed E-state index contributed by atoms with van der Waals surface area (Å²) in [6.45, 7) is 3.39. The number of nitrogens with zero attached hydrogens (tertiary/aromatic N) is 2. The van der Waals surface area contributed by atoms with Gasteiger partial charge >= 0.3 is 0 Å². The highest BCUT2D eigenvalue weighted by atomic mass is 79.9. The smallest absolute Gasteiger partial charge is 0.240 e. The second kappa shape index (κ2) is 6.50. The molecule has 1 aromatic carbocycles. The summed E-state index contributed by atoms with van der Waals surface area (Å²) in [7, 11) is 3.63. The van der Waals surface area contributed by atoms with Crippen molar-refractivity contribution in [3.8, 4) is 0 Å². The molecule has 0 aromatic heterocycles. The Morgan fingerprint density at radius 1 is 1.42 bits per heavy atom. The van der Waals surface area contributed by atoms with Gasteiger partial charge in [0.2, 0.25) is 5.91 Å². The molecule has 1 aliphatic heterocycles. The van der Waals surface area contributed by atoms with Gasteiger partial charge in [-0.25, -0.2) is 0 Å². The lowest BCUT2D eigenvalue weighted by Crippen LogP contribution is -2.57. The molecule has 1 heterocycles. The van der Waals surface area contributed by atoms with E-state index in [1.807, 2.05) is 26.2 Å². The van der Waals surface area contributed by atoms with Gasteiger partial charge in [-0.1, -0.05) is 28.1 Å². The summed E-state index contributed by atoms with van der Waals surface area (Å²) in [4.78, 5) is 16.1. The maximum absolute atomic E-state index is 12.2. The molecule has 104 valence electrons. The predicted molar refractivity (Wildman–Crippen MR) is 79.9 cm³/mol. The zero-order chi connectivity index (χ0) is 13.8. The van der Waals surface area contributed by atoms with Gasteiger partial charge in [-0.15, -0.1) is 0 Å². The highest BCUT2D eigenvalue weighted by Gasteiger charge is 2.29. The van der Waals surface area contributed by atoms with Crippen molar-refractivity contribution in [1.29, 1.82) is 0 Å². The van der Waals surface area contributed by atoms with Crippen molar-refractivity contribution in [3.05, 3.63) is 34.3 Å². The molecular weight excluding hydrogens is 306 g/mol. The first kappa shape index (κ1) is 14.5. The maximum atomic E-state index is 12.2. The number of likely N-dealkylation sites (N-methyl/N-ethyl adjacent to an activating group) is 1. The first-order valence-electron chi connectivity index (χ1n) is 6.48. The highest BCUT2D eigenvalue weighted by molar-refractivity contribution is 9.10. The molecule has 0 bridgehead atoms. The number of benzene rings is 1. The van der Waals surface area contributed by atoms with Gasteiger partial charge in [0.25, 0.3) is 0 Å². The van der Waals surface area contributed by atoms with E-state index in [2.05, 4.69) is 38.3 Å². The lowest BCUT2D eigenvalue weighted by atomic mass is 10.1. The third-order valence-corrected chi connectivity index (χ3v) is 3.91. The number of carbonyl (C=O) groups is 1. The summed E-state index contributed by atoms with van der Waals surface area (Å²) in [5.41, 5.74) is 1.24. The second-order valence-electron chi connectivity index (χ2n) is 5.05. The molecule has 0 radical (unpaired) electrons. The quantitative estimate of drug-likeness (QED) is 0.910. The number of hydrogen-bond donors (Lipinski definition) is 1. The van der Waals surface area contributed by atoms with Gasteiger partial charge in [-0.2, -0.15) is 0 Å². The summed E-state index contributed by atoms with van der Waals surface area (Å²) in [6, 6.07) is 8.22. The van der Waals surface area contributed by atoms with E-state index in [4.69, 9.17) is 0 Å². The summed E-state index contributed by atoms with van der Waals surface area (Å²) < 4.78 is 1.08. The van der Waals surface area contributed by atoms with Crippen molar-refractivity contribution in [3.63, 3.8) is 0 Å². The number of piperazine rings is 1. The van der Waals surface area contributed by atoms with E-state index in [9.17, 15) is 4.79 Å². The molecule has 0 aliphatic carbocycles. The molecule has 5 heteroatoms. The van der Waals surface area contributed by atoms with Gasteiger partial charge < -0.3 is 10.2 Å². The van der Waals surface area contributed by atoms with Crippen LogP contribution in [0.25, 0.3) is 0 Å². The molecule has 1 aliphatic rings. The van der Waals surface area contributed by atoms with Crippen molar-refractivity contribution in [2.45, 2.75) is 12.6 Å². The Bertz CT molecular complexity index is 433. The number of carbonyl (C=O) groups excluding carboxylic acids is 1. The van der Waals surface area contributed by atoms with Crippen LogP contribution in [0.15, 0.2) is 28.7 Å². The van der Waals surface area contributed by atoms with Crippen molar-refractivity contribution in [1.82, 2.24) is 15.1 Å². The molecule has 1 unspecified atom stereocenters. The van der Waals surface area contributed by atoms with Gasteiger partial charge in [-0.05, 0) is 17.7 Å². The molecule has 1 aromatic rings. The topological polar surface area (TPSA) is 35.6 Å². The fourth-order valence-corrected chi connectivity index (χ4v) is 2.57. The molecule has 4 nitrogen and oxygen atoms in total. The summed E-state index contributed by atoms with van der Waals surface area (Å²) >= 11 is 3.44. The Balaban J connectivity index is 2.07. The molecule has 2 rings (SSSR count). The SMILES string of the molecule is CN(C)C(=O)C1CNCCN1Cc1ccc(Br)cc1. The van der Waals surface area contributed by atoms with Crippen LogP contribution >= 0.6 is 15.9 Å². The van der Waals surface area contributed by atoms with Crippen molar-refractivity contribution in [2.75, 3.05) is 33.7 Å².